The predicted molar refractivity (Wildman–Crippen MR) is 73.7 cm³/mol. The number of amides is 1. The zero-order valence-electron chi connectivity index (χ0n) is 12.2. The average molecular weight is 270 g/mol. The lowest BCUT2D eigenvalue weighted by Gasteiger charge is -2.34. The Bertz CT molecular complexity index is 318. The Hall–Kier alpha value is -0.940. The van der Waals surface area contributed by atoms with Crippen LogP contribution in [-0.4, -0.2) is 53.5 Å². The fourth-order valence-corrected chi connectivity index (χ4v) is 2.62. The molecule has 19 heavy (non-hydrogen) atoms. The number of ketones is 1. The van der Waals surface area contributed by atoms with E-state index >= 15 is 0 Å². The molecular weight excluding hydrogens is 244 g/mol. The van der Waals surface area contributed by atoms with Crippen molar-refractivity contribution in [2.45, 2.75) is 52.1 Å². The highest BCUT2D eigenvalue weighted by atomic mass is 16.3. The maximum absolute atomic E-state index is 12.0. The van der Waals surface area contributed by atoms with Gasteiger partial charge in [-0.05, 0) is 32.2 Å². The van der Waals surface area contributed by atoms with E-state index in [1.165, 1.54) is 6.92 Å². The molecule has 0 aromatic rings. The summed E-state index contributed by atoms with van der Waals surface area (Å²) in [7, 11) is 0. The number of nitrogens with one attached hydrogen (secondary N) is 1. The van der Waals surface area contributed by atoms with Gasteiger partial charge in [0.05, 0.1) is 19.2 Å². The Kier molecular flexibility index (Phi) is 6.45. The quantitative estimate of drug-likeness (QED) is 0.740. The van der Waals surface area contributed by atoms with Gasteiger partial charge in [-0.3, -0.25) is 14.5 Å². The smallest absolute Gasteiger partial charge is 0.234 e. The third kappa shape index (κ3) is 4.91. The topological polar surface area (TPSA) is 69.6 Å². The Morgan fingerprint density at radius 1 is 1.37 bits per heavy atom. The highest BCUT2D eigenvalue weighted by Gasteiger charge is 2.26. The minimum absolute atomic E-state index is 0.0132. The van der Waals surface area contributed by atoms with E-state index in [0.717, 1.165) is 25.8 Å². The molecule has 5 nitrogen and oxygen atoms in total. The van der Waals surface area contributed by atoms with Gasteiger partial charge in [-0.2, -0.15) is 0 Å². The molecular formula is C14H26N2O3. The fraction of sp³-hybridized carbons (Fsp3) is 0.857. The van der Waals surface area contributed by atoms with Gasteiger partial charge in [-0.1, -0.05) is 20.3 Å². The van der Waals surface area contributed by atoms with Crippen molar-refractivity contribution in [1.29, 1.82) is 0 Å². The summed E-state index contributed by atoms with van der Waals surface area (Å²) in [6, 6.07) is -0.334. The zero-order valence-corrected chi connectivity index (χ0v) is 12.2. The van der Waals surface area contributed by atoms with Crippen LogP contribution in [0.15, 0.2) is 0 Å². The van der Waals surface area contributed by atoms with Crippen LogP contribution in [0.1, 0.15) is 40.0 Å². The number of likely N-dealkylation sites (tertiary alicyclic amines) is 1. The molecule has 0 saturated carbocycles. The van der Waals surface area contributed by atoms with Crippen LogP contribution >= 0.6 is 0 Å². The van der Waals surface area contributed by atoms with Gasteiger partial charge in [0.15, 0.2) is 5.78 Å². The van der Waals surface area contributed by atoms with Crippen molar-refractivity contribution in [2.75, 3.05) is 19.7 Å². The zero-order chi connectivity index (χ0) is 14.4. The van der Waals surface area contributed by atoms with E-state index in [1.807, 2.05) is 18.7 Å². The van der Waals surface area contributed by atoms with Crippen LogP contribution in [0.2, 0.25) is 0 Å². The van der Waals surface area contributed by atoms with E-state index in [2.05, 4.69) is 5.32 Å². The van der Waals surface area contributed by atoms with Gasteiger partial charge >= 0.3 is 0 Å². The summed E-state index contributed by atoms with van der Waals surface area (Å²) in [5.41, 5.74) is 0. The molecule has 0 radical (unpaired) electrons. The van der Waals surface area contributed by atoms with Crippen molar-refractivity contribution in [3.63, 3.8) is 0 Å². The SMILES string of the molecule is CC(=O)C(NC(=O)CN1CCCCC1CO)C(C)C. The van der Waals surface area contributed by atoms with Gasteiger partial charge < -0.3 is 10.4 Å². The number of rotatable bonds is 6. The van der Waals surface area contributed by atoms with Crippen molar-refractivity contribution < 1.29 is 14.7 Å². The van der Waals surface area contributed by atoms with Crippen molar-refractivity contribution in [2.24, 2.45) is 5.92 Å². The lowest BCUT2D eigenvalue weighted by atomic mass is 10.0. The Morgan fingerprint density at radius 2 is 2.05 bits per heavy atom. The number of nitrogens with zero attached hydrogens (tertiary/aromatic N) is 1. The first-order valence-corrected chi connectivity index (χ1v) is 7.10. The molecule has 1 fully saturated rings. The molecule has 0 spiro atoms. The number of Topliss-reactive ketones (excluding diaryl/α,β-unsaturated/α-hetero) is 1. The van der Waals surface area contributed by atoms with Crippen LogP contribution in [-0.2, 0) is 9.59 Å². The maximum atomic E-state index is 12.0. The molecule has 0 aliphatic carbocycles. The molecule has 1 saturated heterocycles. The summed E-state index contributed by atoms with van der Waals surface area (Å²) in [4.78, 5) is 25.5. The fourth-order valence-electron chi connectivity index (χ4n) is 2.62. The Morgan fingerprint density at radius 3 is 2.58 bits per heavy atom. The van der Waals surface area contributed by atoms with E-state index in [9.17, 15) is 14.7 Å². The first kappa shape index (κ1) is 16.1. The summed E-state index contributed by atoms with van der Waals surface area (Å²) in [6.45, 7) is 6.54. The van der Waals surface area contributed by atoms with Crippen LogP contribution in [0.25, 0.3) is 0 Å². The standard InChI is InChI=1S/C14H26N2O3/c1-10(2)14(11(3)18)15-13(19)8-16-7-5-4-6-12(16)9-17/h10,12,14,17H,4-9H2,1-3H3,(H,15,19). The van der Waals surface area contributed by atoms with Crippen LogP contribution in [0, 0.1) is 5.92 Å². The van der Waals surface area contributed by atoms with Crippen molar-refractivity contribution in [3.05, 3.63) is 0 Å². The van der Waals surface area contributed by atoms with Crippen molar-refractivity contribution in [1.82, 2.24) is 10.2 Å². The van der Waals surface area contributed by atoms with E-state index < -0.39 is 6.04 Å². The maximum Gasteiger partial charge on any atom is 0.234 e. The molecule has 0 bridgehead atoms. The lowest BCUT2D eigenvalue weighted by molar-refractivity contribution is -0.129. The molecule has 2 N–H and O–H groups in total. The molecule has 1 heterocycles. The average Bonchev–Trinajstić information content (AvgIpc) is 2.36. The number of aliphatic hydroxyl groups is 1. The Labute approximate surface area is 115 Å². The molecule has 1 aliphatic rings. The van der Waals surface area contributed by atoms with Gasteiger partial charge in [-0.25, -0.2) is 0 Å². The van der Waals surface area contributed by atoms with Gasteiger partial charge in [0, 0.05) is 6.04 Å². The second-order valence-electron chi connectivity index (χ2n) is 5.70. The normalized spacial score (nSPS) is 22.3. The van der Waals surface area contributed by atoms with E-state index in [1.54, 1.807) is 0 Å². The first-order valence-electron chi connectivity index (χ1n) is 7.10. The number of carbonyl (C=O) groups is 2. The van der Waals surface area contributed by atoms with Crippen molar-refractivity contribution >= 4 is 11.7 Å². The highest BCUT2D eigenvalue weighted by Crippen LogP contribution is 2.16. The van der Waals surface area contributed by atoms with Gasteiger partial charge in [0.2, 0.25) is 5.91 Å². The number of piperidine rings is 1. The number of hydrogen-bond acceptors (Lipinski definition) is 4. The minimum Gasteiger partial charge on any atom is -0.395 e. The van der Waals surface area contributed by atoms with Crippen molar-refractivity contribution in [3.8, 4) is 0 Å². The molecule has 0 aromatic heterocycles. The van der Waals surface area contributed by atoms with Gasteiger partial charge in [0.25, 0.3) is 0 Å². The largest absolute Gasteiger partial charge is 0.395 e. The second-order valence-corrected chi connectivity index (χ2v) is 5.70. The van der Waals surface area contributed by atoms with Gasteiger partial charge in [-0.15, -0.1) is 0 Å². The minimum atomic E-state index is -0.412. The summed E-state index contributed by atoms with van der Waals surface area (Å²) in [5.74, 6) is -0.0496. The first-order chi connectivity index (χ1) is 8.95. The van der Waals surface area contributed by atoms with E-state index in [4.69, 9.17) is 0 Å². The second kappa shape index (κ2) is 7.60. The molecule has 1 aliphatic heterocycles. The molecule has 110 valence electrons. The summed E-state index contributed by atoms with van der Waals surface area (Å²) in [5, 5.41) is 12.1. The number of aliphatic hydroxyl groups excluding tert-OH is 1. The molecule has 5 heteroatoms. The third-order valence-electron chi connectivity index (χ3n) is 3.73. The van der Waals surface area contributed by atoms with Gasteiger partial charge in [0.1, 0.15) is 0 Å². The third-order valence-corrected chi connectivity index (χ3v) is 3.73. The molecule has 0 aromatic carbocycles. The molecule has 2 atom stereocenters. The number of carbonyl (C=O) groups excluding carboxylic acids is 2. The highest BCUT2D eigenvalue weighted by molar-refractivity contribution is 5.88. The summed E-state index contributed by atoms with van der Waals surface area (Å²) >= 11 is 0. The van der Waals surface area contributed by atoms with E-state index in [-0.39, 0.29) is 36.8 Å². The monoisotopic (exact) mass is 270 g/mol. The van der Waals surface area contributed by atoms with Crippen LogP contribution < -0.4 is 5.32 Å². The predicted octanol–water partition coefficient (Wildman–Crippen LogP) is 0.563. The molecule has 1 amide bonds. The van der Waals surface area contributed by atoms with Crippen LogP contribution in [0.3, 0.4) is 0 Å². The van der Waals surface area contributed by atoms with E-state index in [0.29, 0.717) is 0 Å². The Balaban J connectivity index is 2.51. The van der Waals surface area contributed by atoms with Crippen LogP contribution in [0.4, 0.5) is 0 Å². The molecule has 1 rings (SSSR count). The number of hydrogen-bond donors (Lipinski definition) is 2. The lowest BCUT2D eigenvalue weighted by Crippen LogP contribution is -2.51. The molecule has 2 unspecified atom stereocenters. The summed E-state index contributed by atoms with van der Waals surface area (Å²) < 4.78 is 0. The van der Waals surface area contributed by atoms with Crippen LogP contribution in [0.5, 0.6) is 0 Å². The summed E-state index contributed by atoms with van der Waals surface area (Å²) in [6.07, 6.45) is 3.10.